The number of carboxylic acids is 1. The minimum atomic E-state index is -1.01. The second-order valence-electron chi connectivity index (χ2n) is 38.1. The van der Waals surface area contributed by atoms with E-state index in [4.69, 9.17) is 53.9 Å². The predicted octanol–water partition coefficient (Wildman–Crippen LogP) is 20.8. The molecule has 0 spiro atoms. The normalized spacial score (nSPS) is 14.3. The number of nitrogen functional groups attached to an aromatic ring is 2. The van der Waals surface area contributed by atoms with E-state index in [-0.39, 0.29) is 147 Å². The van der Waals surface area contributed by atoms with Gasteiger partial charge in [-0.15, -0.1) is 0 Å². The van der Waals surface area contributed by atoms with Gasteiger partial charge in [0, 0.05) is 91.7 Å². The van der Waals surface area contributed by atoms with Crippen LogP contribution in [0.2, 0.25) is 5.28 Å². The Hall–Kier alpha value is -10.1. The van der Waals surface area contributed by atoms with E-state index < -0.39 is 13.1 Å². The summed E-state index contributed by atoms with van der Waals surface area (Å²) < 4.78 is 21.7. The lowest BCUT2D eigenvalue weighted by Gasteiger charge is -2.32. The lowest BCUT2D eigenvalue weighted by molar-refractivity contribution is 0.00578. The molecule has 0 radical (unpaired) electrons. The number of carbonyl (C=O) groups excluding carboxylic acids is 3. The zero-order valence-electron chi connectivity index (χ0n) is 80.9. The molecule has 2 atom stereocenters. The number of hydrogen-bond donors (Lipinski definition) is 13. The maximum absolute atomic E-state index is 13.3. The third-order valence-corrected chi connectivity index (χ3v) is 23.8. The number of para-hydroxylation sites is 6. The number of carboxylic acid groups (broad SMARTS) is 1. The smallest absolute Gasteiger partial charge is 0.478 e. The standard InChI is InChI=1S/C22H27N5O2.C15H20BrN3O.C13H19BN2O3.C11H10BrClN2O.C11H11BrN2O2.C10H13BrN2O.C7H6BrNO2.C4H11N.C3H9N.2CH4/c1-11(2)27-20(29)14-9-7-8-13(18(14)25-21(27)26-22(4,5)6)16-10-15-17(24-16)12(3)23-19(15)28;1-9(2)19-13(20)10-7-6-8-11(16)12(10)17-14(19)18-15(3,4)5;1-7-10-8(11(17)15-7)6-9(16-10)14-18-12(2,3)13(4,5)19-14;1-6(2)15-10(16)7-4-3-5-8(12)9(7)14-11(15)13;1-6(2)14-10(15)7-4-3-5-8(12)9(7)13-11(14)16;1-6(2)13-10(14)7-4-3-5-8(11)9(7)12;8-5-3-1-2-4(6(5)9)7(10)11;1-4(2,3)5;1-3(2)4;;/h7-12,24H,1-6H3,(H,23,28)(H,25,26);6-9H,1-5H3,(H,17,18);6-7,16H,1-5H3,(H,15,17);3-6H,1-2H3;3-6H,1-2H3,(H,13,16);3-6H,12H2,1-2H3,(H,13,14);1-3H,9H2,(H,10,11);5H2,1-3H3;3H,4H2,1-2H3;2*1H4/t12-;;7-;;;;;;;;/m1.1......../s1. The summed E-state index contributed by atoms with van der Waals surface area (Å²) in [6.07, 6.45) is 0. The molecule has 38 heteroatoms. The summed E-state index contributed by atoms with van der Waals surface area (Å²) in [6.45, 7) is 53.1. The summed E-state index contributed by atoms with van der Waals surface area (Å²) in [5.41, 5.74) is 29.1. The minimum absolute atomic E-state index is 0. The van der Waals surface area contributed by atoms with Gasteiger partial charge in [-0.3, -0.25) is 51.8 Å². The lowest BCUT2D eigenvalue weighted by atomic mass is 9.85. The molecule has 0 bridgehead atoms. The van der Waals surface area contributed by atoms with Gasteiger partial charge in [0.05, 0.1) is 106 Å². The number of nitrogens with two attached hydrogens (primary N) is 4. The number of nitrogens with one attached hydrogen (secondary N) is 8. The van der Waals surface area contributed by atoms with Gasteiger partial charge in [-0.25, -0.2) is 24.5 Å². The number of halogens is 6. The molecule has 12 aromatic rings. The molecule has 3 amide bonds. The first-order valence-electron chi connectivity index (χ1n) is 43.6. The number of benzene rings is 6. The Balaban J connectivity index is 0.000000280. The van der Waals surface area contributed by atoms with E-state index >= 15 is 0 Å². The fourth-order valence-corrected chi connectivity index (χ4v) is 15.9. The van der Waals surface area contributed by atoms with Gasteiger partial charge in [0.2, 0.25) is 17.2 Å². The number of fused-ring (bicyclic) bond motifs is 6. The monoisotopic (exact) mass is 2210 g/mol. The van der Waals surface area contributed by atoms with Gasteiger partial charge < -0.3 is 78.9 Å². The van der Waals surface area contributed by atoms with Crippen LogP contribution < -0.4 is 83.0 Å². The summed E-state index contributed by atoms with van der Waals surface area (Å²) >= 11 is 22.5. The van der Waals surface area contributed by atoms with Crippen molar-refractivity contribution >= 4 is 195 Å². The van der Waals surface area contributed by atoms with Crippen molar-refractivity contribution in [3.05, 3.63) is 235 Å². The molecule has 1 saturated heterocycles. The molecule has 6 aromatic heterocycles. The first-order valence-corrected chi connectivity index (χ1v) is 48.0. The van der Waals surface area contributed by atoms with Crippen LogP contribution in [-0.2, 0) is 9.31 Å². The van der Waals surface area contributed by atoms with E-state index in [2.05, 4.69) is 131 Å². The maximum Gasteiger partial charge on any atom is 0.512 e. The molecule has 3 aliphatic heterocycles. The van der Waals surface area contributed by atoms with E-state index in [9.17, 15) is 43.2 Å². The number of anilines is 4. The van der Waals surface area contributed by atoms with E-state index in [0.717, 1.165) is 46.1 Å². The van der Waals surface area contributed by atoms with Crippen molar-refractivity contribution in [3.8, 4) is 11.3 Å². The van der Waals surface area contributed by atoms with Gasteiger partial charge in [-0.1, -0.05) is 71.2 Å². The number of H-pyrrole nitrogens is 3. The highest BCUT2D eigenvalue weighted by atomic mass is 79.9. The number of aromatic amines is 3. The SMILES string of the molecule is C.C.CC(C)(C)N.CC(C)N.CC(C)NC(=O)c1cccc(Br)c1N.CC(C)n1c(=O)[nH]c2c(Br)cccc2c1=O.CC(C)n1c(Cl)nc2c(Br)cccc2c1=O.CC(C)n1c(NC(C)(C)C)nc2c(-c3cc4c([nH]3)[C@@H](C)NC4=O)cccc2c1=O.CC(C)n1c(NC(C)(C)C)nc2c(Br)cccc2c1=O.C[C@H]1NC(=O)c2cc(B3OC(C)(C)C(C)(C)O3)[nH]c21.Nc1c(Br)cccc1C(=O)O. The number of aromatic nitrogens is 10. The van der Waals surface area contributed by atoms with Crippen LogP contribution in [0.5, 0.6) is 0 Å². The molecule has 0 unspecified atom stereocenters. The van der Waals surface area contributed by atoms with Gasteiger partial charge in [0.1, 0.15) is 0 Å². The van der Waals surface area contributed by atoms with Gasteiger partial charge in [-0.2, -0.15) is 0 Å². The molecule has 9 heterocycles. The molecule has 3 aliphatic rings. The highest BCUT2D eigenvalue weighted by Gasteiger charge is 2.53. The quantitative estimate of drug-likeness (QED) is 0.0325. The Morgan fingerprint density at radius 2 is 0.846 bits per heavy atom. The molecule has 15 rings (SSSR count). The Labute approximate surface area is 843 Å². The molecule has 1 fully saturated rings. The molecule has 31 nitrogen and oxygen atoms in total. The summed E-state index contributed by atoms with van der Waals surface area (Å²) in [4.78, 5) is 131. The number of amides is 3. The van der Waals surface area contributed by atoms with Crippen molar-refractivity contribution in [3.63, 3.8) is 0 Å². The van der Waals surface area contributed by atoms with Crippen LogP contribution in [0.4, 0.5) is 23.3 Å². The van der Waals surface area contributed by atoms with Crippen molar-refractivity contribution < 1.29 is 33.6 Å². The minimum Gasteiger partial charge on any atom is -0.478 e. The van der Waals surface area contributed by atoms with E-state index in [1.165, 1.54) is 15.2 Å². The lowest BCUT2D eigenvalue weighted by Crippen LogP contribution is -2.41. The molecule has 6 aromatic carbocycles. The third-order valence-electron chi connectivity index (χ3n) is 20.2. The van der Waals surface area contributed by atoms with Crippen molar-refractivity contribution in [2.75, 3.05) is 22.1 Å². The first-order chi connectivity index (χ1) is 61.9. The molecule has 136 heavy (non-hydrogen) atoms. The van der Waals surface area contributed by atoms with Crippen molar-refractivity contribution in [2.45, 2.75) is 278 Å². The summed E-state index contributed by atoms with van der Waals surface area (Å²) in [6, 6.07) is 35.8. The van der Waals surface area contributed by atoms with Crippen LogP contribution in [0.1, 0.15) is 291 Å². The fourth-order valence-electron chi connectivity index (χ4n) is 13.5. The van der Waals surface area contributed by atoms with Crippen LogP contribution in [0.15, 0.2) is 168 Å². The van der Waals surface area contributed by atoms with Crippen LogP contribution in [-0.4, -0.2) is 124 Å². The van der Waals surface area contributed by atoms with Gasteiger partial charge in [-0.05, 0) is 349 Å². The molecule has 17 N–H and O–H groups in total. The topological polar surface area (TPSA) is 462 Å². The molecular formula is C98H134BBr5ClN19O12. The molecule has 738 valence electrons. The zero-order valence-corrected chi connectivity index (χ0v) is 89.6. The first kappa shape index (κ1) is 116. The third kappa shape index (κ3) is 29.7. The van der Waals surface area contributed by atoms with Crippen molar-refractivity contribution in [1.82, 2.24) is 64.1 Å². The number of rotatable bonds is 11. The predicted molar refractivity (Wildman–Crippen MR) is 575 cm³/mol. The van der Waals surface area contributed by atoms with Crippen LogP contribution in [0.25, 0.3) is 54.9 Å². The van der Waals surface area contributed by atoms with E-state index in [1.54, 1.807) is 77.6 Å². The number of nitrogens with zero attached hydrogens (tertiary/aromatic N) is 7. The number of carbonyl (C=O) groups is 4. The van der Waals surface area contributed by atoms with Crippen molar-refractivity contribution in [2.24, 2.45) is 11.5 Å². The number of hydrogen-bond acceptors (Lipinski definition) is 20. The van der Waals surface area contributed by atoms with E-state index in [1.807, 2.05) is 234 Å². The van der Waals surface area contributed by atoms with Gasteiger partial charge in [0.15, 0.2) is 0 Å². The van der Waals surface area contributed by atoms with Gasteiger partial charge in [0.25, 0.3) is 40.0 Å². The Morgan fingerprint density at radius 1 is 0.493 bits per heavy atom. The fraction of sp³-hybridized carbons (Fsp3) is 0.429. The highest BCUT2D eigenvalue weighted by molar-refractivity contribution is 9.11. The zero-order chi connectivity index (χ0) is 101. The Kier molecular flexibility index (Phi) is 41.1. The van der Waals surface area contributed by atoms with Crippen molar-refractivity contribution in [1.29, 1.82) is 0 Å². The average molecular weight is 2220 g/mol. The van der Waals surface area contributed by atoms with Crippen LogP contribution in [0.3, 0.4) is 0 Å². The summed E-state index contributed by atoms with van der Waals surface area (Å²) in [5, 5.41) is 26.3. The molecule has 0 aliphatic carbocycles. The van der Waals surface area contributed by atoms with Crippen LogP contribution >= 0.6 is 91.3 Å². The highest BCUT2D eigenvalue weighted by Crippen LogP contribution is 2.39. The molecular weight excluding hydrogens is 2080 g/mol. The maximum atomic E-state index is 13.3. The Bertz CT molecular complexity index is 6590. The largest absolute Gasteiger partial charge is 0.512 e. The second-order valence-corrected chi connectivity index (χ2v) is 42.7. The molecule has 0 saturated carbocycles. The second kappa shape index (κ2) is 48.0. The summed E-state index contributed by atoms with van der Waals surface area (Å²) in [7, 11) is -0.449. The number of aromatic carboxylic acids is 1. The van der Waals surface area contributed by atoms with E-state index in [0.29, 0.717) is 88.4 Å². The van der Waals surface area contributed by atoms with Crippen LogP contribution in [0, 0.1) is 0 Å². The Morgan fingerprint density at radius 3 is 1.25 bits per heavy atom. The average Bonchev–Trinajstić information content (AvgIpc) is 1.57. The van der Waals surface area contributed by atoms with Gasteiger partial charge >= 0.3 is 18.8 Å². The summed E-state index contributed by atoms with van der Waals surface area (Å²) in [5.74, 6) is -0.121.